The first-order valence-corrected chi connectivity index (χ1v) is 12.0. The van der Waals surface area contributed by atoms with Crippen molar-refractivity contribution in [3.63, 3.8) is 0 Å². The fourth-order valence-electron chi connectivity index (χ4n) is 4.86. The number of aromatic hydroxyl groups is 1. The predicted octanol–water partition coefficient (Wildman–Crippen LogP) is 3.75. The summed E-state index contributed by atoms with van der Waals surface area (Å²) in [6.45, 7) is 4.68. The fourth-order valence-corrected chi connectivity index (χ4v) is 4.86. The topological polar surface area (TPSA) is 74.5 Å². The Morgan fingerprint density at radius 1 is 0.944 bits per heavy atom. The van der Waals surface area contributed by atoms with E-state index in [2.05, 4.69) is 19.8 Å². The maximum absolute atomic E-state index is 14.3. The van der Waals surface area contributed by atoms with Crippen LogP contribution in [-0.2, 0) is 6.54 Å². The molecule has 1 fully saturated rings. The first-order valence-electron chi connectivity index (χ1n) is 12.0. The molecule has 184 valence electrons. The highest BCUT2D eigenvalue weighted by molar-refractivity contribution is 5.43. The summed E-state index contributed by atoms with van der Waals surface area (Å²) >= 11 is 0. The van der Waals surface area contributed by atoms with Crippen LogP contribution >= 0.6 is 0 Å². The third kappa shape index (κ3) is 4.85. The SMILES string of the molecule is Cc1cc(O)c(C(c2cccc(F)c2)N2CCN(c3ccccn3)CC2)c(=O)n1Cc1ccccn1. The quantitative estimate of drug-likeness (QED) is 0.448. The largest absolute Gasteiger partial charge is 0.507 e. The lowest BCUT2D eigenvalue weighted by Gasteiger charge is -2.40. The van der Waals surface area contributed by atoms with Crippen LogP contribution in [0.2, 0.25) is 0 Å². The number of pyridine rings is 3. The van der Waals surface area contributed by atoms with E-state index in [9.17, 15) is 14.3 Å². The van der Waals surface area contributed by atoms with Crippen LogP contribution in [0.5, 0.6) is 5.75 Å². The fraction of sp³-hybridized carbons (Fsp3) is 0.250. The standard InChI is InChI=1S/C28H28FN5O2/c1-20-17-24(35)26(28(36)34(20)19-23-9-2-4-11-30-23)27(21-7-6-8-22(29)18-21)33-15-13-32(14-16-33)25-10-3-5-12-31-25/h2-12,17-18,27,35H,13-16,19H2,1H3. The molecule has 0 saturated carbocycles. The molecule has 8 heteroatoms. The van der Waals surface area contributed by atoms with Gasteiger partial charge in [-0.25, -0.2) is 9.37 Å². The van der Waals surface area contributed by atoms with Crippen LogP contribution in [0.3, 0.4) is 0 Å². The number of aromatic nitrogens is 3. The zero-order chi connectivity index (χ0) is 25.1. The van der Waals surface area contributed by atoms with Crippen LogP contribution in [0.25, 0.3) is 0 Å². The van der Waals surface area contributed by atoms with Crippen LogP contribution in [0, 0.1) is 12.7 Å². The summed E-state index contributed by atoms with van der Waals surface area (Å²) in [7, 11) is 0. The molecule has 1 saturated heterocycles. The number of rotatable bonds is 6. The number of aryl methyl sites for hydroxylation is 1. The summed E-state index contributed by atoms with van der Waals surface area (Å²) in [5.74, 6) is 0.427. The Labute approximate surface area is 209 Å². The molecule has 1 aromatic carbocycles. The van der Waals surface area contributed by atoms with Gasteiger partial charge in [0, 0.05) is 44.3 Å². The van der Waals surface area contributed by atoms with E-state index < -0.39 is 6.04 Å². The highest BCUT2D eigenvalue weighted by atomic mass is 19.1. The second kappa shape index (κ2) is 10.3. The maximum atomic E-state index is 14.3. The van der Waals surface area contributed by atoms with Gasteiger partial charge in [-0.15, -0.1) is 0 Å². The number of piperazine rings is 1. The summed E-state index contributed by atoms with van der Waals surface area (Å²) in [5, 5.41) is 11.1. The molecule has 0 amide bonds. The zero-order valence-electron chi connectivity index (χ0n) is 20.1. The van der Waals surface area contributed by atoms with Gasteiger partial charge in [-0.2, -0.15) is 0 Å². The first kappa shape index (κ1) is 23.7. The van der Waals surface area contributed by atoms with Crippen molar-refractivity contribution in [2.24, 2.45) is 0 Å². The van der Waals surface area contributed by atoms with Gasteiger partial charge in [-0.1, -0.05) is 24.3 Å². The van der Waals surface area contributed by atoms with Crippen molar-refractivity contribution in [1.82, 2.24) is 19.4 Å². The third-order valence-electron chi connectivity index (χ3n) is 6.66. The van der Waals surface area contributed by atoms with Crippen LogP contribution in [0.4, 0.5) is 10.2 Å². The second-order valence-corrected chi connectivity index (χ2v) is 8.97. The molecular weight excluding hydrogens is 457 g/mol. The van der Waals surface area contributed by atoms with E-state index >= 15 is 0 Å². The van der Waals surface area contributed by atoms with Gasteiger partial charge in [0.15, 0.2) is 0 Å². The number of benzene rings is 1. The Balaban J connectivity index is 1.54. The normalized spacial score (nSPS) is 15.1. The number of hydrogen-bond donors (Lipinski definition) is 1. The van der Waals surface area contributed by atoms with Gasteiger partial charge in [-0.05, 0) is 55.0 Å². The summed E-state index contributed by atoms with van der Waals surface area (Å²) in [6.07, 6.45) is 3.46. The molecule has 0 radical (unpaired) electrons. The van der Waals surface area contributed by atoms with Gasteiger partial charge in [0.2, 0.25) is 0 Å². The second-order valence-electron chi connectivity index (χ2n) is 8.97. The van der Waals surface area contributed by atoms with E-state index in [1.165, 1.54) is 12.1 Å². The summed E-state index contributed by atoms with van der Waals surface area (Å²) < 4.78 is 16.0. The van der Waals surface area contributed by atoms with Gasteiger partial charge in [0.25, 0.3) is 5.56 Å². The van der Waals surface area contributed by atoms with Crippen molar-refractivity contribution < 1.29 is 9.50 Å². The van der Waals surface area contributed by atoms with Crippen molar-refractivity contribution >= 4 is 5.82 Å². The van der Waals surface area contributed by atoms with Crippen molar-refractivity contribution in [2.45, 2.75) is 19.5 Å². The van der Waals surface area contributed by atoms with E-state index in [0.29, 0.717) is 37.4 Å². The number of nitrogens with zero attached hydrogens (tertiary/aromatic N) is 5. The molecule has 1 N–H and O–H groups in total. The van der Waals surface area contributed by atoms with Crippen molar-refractivity contribution in [1.29, 1.82) is 0 Å². The summed E-state index contributed by atoms with van der Waals surface area (Å²) in [5.41, 5.74) is 1.94. The Bertz CT molecular complexity index is 1390. The molecule has 4 heterocycles. The lowest BCUT2D eigenvalue weighted by Crippen LogP contribution is -2.49. The van der Waals surface area contributed by atoms with Gasteiger partial charge >= 0.3 is 0 Å². The minimum absolute atomic E-state index is 0.0869. The van der Waals surface area contributed by atoms with Crippen LogP contribution in [-0.4, -0.2) is 50.7 Å². The Morgan fingerprint density at radius 3 is 2.36 bits per heavy atom. The summed E-state index contributed by atoms with van der Waals surface area (Å²) in [4.78, 5) is 27.0. The molecule has 1 unspecified atom stereocenters. The minimum Gasteiger partial charge on any atom is -0.507 e. The van der Waals surface area contributed by atoms with Gasteiger partial charge in [0.05, 0.1) is 23.8 Å². The first-order chi connectivity index (χ1) is 17.5. The zero-order valence-corrected chi connectivity index (χ0v) is 20.1. The van der Waals surface area contributed by atoms with Crippen molar-refractivity contribution in [2.75, 3.05) is 31.1 Å². The van der Waals surface area contributed by atoms with E-state index in [0.717, 1.165) is 11.5 Å². The molecule has 36 heavy (non-hydrogen) atoms. The van der Waals surface area contributed by atoms with E-state index in [4.69, 9.17) is 0 Å². The van der Waals surface area contributed by atoms with Gasteiger partial charge in [0.1, 0.15) is 17.4 Å². The average molecular weight is 486 g/mol. The molecule has 0 spiro atoms. The van der Waals surface area contributed by atoms with Crippen molar-refractivity contribution in [3.8, 4) is 5.75 Å². The van der Waals surface area contributed by atoms with Crippen LogP contribution in [0.15, 0.2) is 83.9 Å². The molecule has 4 aromatic rings. The Kier molecular flexibility index (Phi) is 6.77. The lowest BCUT2D eigenvalue weighted by atomic mass is 9.95. The van der Waals surface area contributed by atoms with Crippen molar-refractivity contribution in [3.05, 3.63) is 118 Å². The lowest BCUT2D eigenvalue weighted by molar-refractivity contribution is 0.206. The molecule has 3 aromatic heterocycles. The molecule has 0 aliphatic carbocycles. The van der Waals surface area contributed by atoms with Crippen LogP contribution in [0.1, 0.15) is 28.6 Å². The molecular formula is C28H28FN5O2. The van der Waals surface area contributed by atoms with E-state index in [1.807, 2.05) is 36.4 Å². The monoisotopic (exact) mass is 485 g/mol. The van der Waals surface area contributed by atoms with E-state index in [-0.39, 0.29) is 29.2 Å². The highest BCUT2D eigenvalue weighted by Crippen LogP contribution is 2.34. The Morgan fingerprint density at radius 2 is 1.69 bits per heavy atom. The highest BCUT2D eigenvalue weighted by Gasteiger charge is 2.32. The molecule has 0 bridgehead atoms. The average Bonchev–Trinajstić information content (AvgIpc) is 2.90. The molecule has 1 aliphatic rings. The predicted molar refractivity (Wildman–Crippen MR) is 137 cm³/mol. The smallest absolute Gasteiger partial charge is 0.260 e. The van der Waals surface area contributed by atoms with Crippen LogP contribution < -0.4 is 10.5 Å². The maximum Gasteiger partial charge on any atom is 0.260 e. The van der Waals surface area contributed by atoms with Gasteiger partial charge < -0.3 is 14.6 Å². The molecule has 5 rings (SSSR count). The summed E-state index contributed by atoms with van der Waals surface area (Å²) in [6, 6.07) is 18.7. The number of anilines is 1. The molecule has 1 aliphatic heterocycles. The third-order valence-corrected chi connectivity index (χ3v) is 6.66. The van der Waals surface area contributed by atoms with Gasteiger partial charge in [-0.3, -0.25) is 14.7 Å². The minimum atomic E-state index is -0.602. The number of hydrogen-bond acceptors (Lipinski definition) is 6. The van der Waals surface area contributed by atoms with E-state index in [1.54, 1.807) is 42.1 Å². The molecule has 1 atom stereocenters. The molecule has 7 nitrogen and oxygen atoms in total. The Hall–Kier alpha value is -4.04. The number of halogens is 1.